The Balaban J connectivity index is 1.98. The van der Waals surface area contributed by atoms with Crippen molar-refractivity contribution in [3.8, 4) is 5.75 Å². The van der Waals surface area contributed by atoms with Gasteiger partial charge < -0.3 is 9.84 Å². The number of benzene rings is 2. The Kier molecular flexibility index (Phi) is 6.78. The van der Waals surface area contributed by atoms with Crippen LogP contribution < -0.4 is 9.46 Å². The van der Waals surface area contributed by atoms with Crippen LogP contribution in [0.25, 0.3) is 0 Å². The third kappa shape index (κ3) is 5.40. The van der Waals surface area contributed by atoms with E-state index < -0.39 is 21.9 Å². The molecule has 2 aromatic carbocycles. The minimum Gasteiger partial charge on any atom is -0.491 e. The van der Waals surface area contributed by atoms with Crippen molar-refractivity contribution in [3.63, 3.8) is 0 Å². The first-order valence-corrected chi connectivity index (χ1v) is 9.55. The van der Waals surface area contributed by atoms with Gasteiger partial charge in [-0.15, -0.1) is 0 Å². The summed E-state index contributed by atoms with van der Waals surface area (Å²) >= 11 is 5.86. The molecule has 1 atom stereocenters. The highest BCUT2D eigenvalue weighted by Gasteiger charge is 2.17. The number of aliphatic hydroxyl groups is 1. The number of sulfonamides is 1. The van der Waals surface area contributed by atoms with E-state index in [0.717, 1.165) is 6.07 Å². The van der Waals surface area contributed by atoms with Crippen molar-refractivity contribution in [1.82, 2.24) is 4.72 Å². The molecule has 5 nitrogen and oxygen atoms in total. The third-order valence-electron chi connectivity index (χ3n) is 3.46. The molecule has 0 spiro atoms. The molecule has 0 aliphatic carbocycles. The van der Waals surface area contributed by atoms with Crippen LogP contribution >= 0.6 is 11.6 Å². The number of aliphatic hydroxyl groups excluding tert-OH is 1. The zero-order chi connectivity index (χ0) is 18.4. The van der Waals surface area contributed by atoms with E-state index in [-0.39, 0.29) is 30.2 Å². The van der Waals surface area contributed by atoms with Crippen LogP contribution in [0.4, 0.5) is 4.39 Å². The van der Waals surface area contributed by atoms with Crippen molar-refractivity contribution in [3.05, 3.63) is 58.9 Å². The highest BCUT2D eigenvalue weighted by atomic mass is 35.5. The summed E-state index contributed by atoms with van der Waals surface area (Å²) < 4.78 is 45.6. The van der Waals surface area contributed by atoms with Gasteiger partial charge in [0, 0.05) is 11.6 Å². The fourth-order valence-electron chi connectivity index (χ4n) is 2.22. The van der Waals surface area contributed by atoms with Crippen LogP contribution in [0.15, 0.2) is 47.4 Å². The molecular formula is C17H19ClFNO4S. The van der Waals surface area contributed by atoms with E-state index in [1.54, 1.807) is 31.2 Å². The minimum atomic E-state index is -3.88. The van der Waals surface area contributed by atoms with Gasteiger partial charge in [-0.3, -0.25) is 0 Å². The normalized spacial score (nSPS) is 12.8. The maximum atomic E-state index is 13.8. The van der Waals surface area contributed by atoms with E-state index in [1.807, 2.05) is 0 Å². The molecule has 2 N–H and O–H groups in total. The van der Waals surface area contributed by atoms with Crippen molar-refractivity contribution < 1.29 is 22.7 Å². The van der Waals surface area contributed by atoms with Gasteiger partial charge in [0.05, 0.1) is 17.6 Å². The molecule has 2 rings (SSSR count). The smallest absolute Gasteiger partial charge is 0.240 e. The monoisotopic (exact) mass is 387 g/mol. The summed E-state index contributed by atoms with van der Waals surface area (Å²) in [6.07, 6.45) is -0.711. The second-order valence-electron chi connectivity index (χ2n) is 5.28. The standard InChI is InChI=1S/C17H19ClFNO4S/c1-2-24-17-7-6-14(11-15(17)19)25(22,23)20-9-8-16(21)12-4-3-5-13(18)10-12/h3-7,10-11,16,20-21H,2,8-9H2,1H3/t16-/m0/s1. The third-order valence-corrected chi connectivity index (χ3v) is 5.15. The average molecular weight is 388 g/mol. The van der Waals surface area contributed by atoms with Crippen molar-refractivity contribution in [2.24, 2.45) is 0 Å². The van der Waals surface area contributed by atoms with Crippen LogP contribution in [0.5, 0.6) is 5.75 Å². The van der Waals surface area contributed by atoms with Crippen LogP contribution in [0.3, 0.4) is 0 Å². The number of rotatable bonds is 8. The molecule has 0 aliphatic heterocycles. The summed E-state index contributed by atoms with van der Waals surface area (Å²) in [4.78, 5) is -0.203. The van der Waals surface area contributed by atoms with Gasteiger partial charge >= 0.3 is 0 Å². The first-order valence-electron chi connectivity index (χ1n) is 7.69. The van der Waals surface area contributed by atoms with Crippen LogP contribution in [0, 0.1) is 5.82 Å². The Morgan fingerprint density at radius 2 is 2.04 bits per heavy atom. The SMILES string of the molecule is CCOc1ccc(S(=O)(=O)NCC[C@H](O)c2cccc(Cl)c2)cc1F. The molecule has 0 aromatic heterocycles. The number of halogens is 2. The first-order chi connectivity index (χ1) is 11.8. The molecule has 0 saturated heterocycles. The molecule has 2 aromatic rings. The fourth-order valence-corrected chi connectivity index (χ4v) is 3.47. The predicted octanol–water partition coefficient (Wildman–Crippen LogP) is 3.28. The van der Waals surface area contributed by atoms with Crippen LogP contribution in [0.1, 0.15) is 25.0 Å². The summed E-state index contributed by atoms with van der Waals surface area (Å²) in [6, 6.07) is 10.1. The number of nitrogens with one attached hydrogen (secondary N) is 1. The van der Waals surface area contributed by atoms with Gasteiger partial charge in [-0.2, -0.15) is 0 Å². The molecule has 0 bridgehead atoms. The molecule has 0 amide bonds. The molecule has 8 heteroatoms. The van der Waals surface area contributed by atoms with E-state index >= 15 is 0 Å². The Morgan fingerprint density at radius 1 is 1.28 bits per heavy atom. The van der Waals surface area contributed by atoms with Gasteiger partial charge in [0.1, 0.15) is 0 Å². The lowest BCUT2D eigenvalue weighted by Gasteiger charge is -2.13. The molecule has 0 aliphatic rings. The first kappa shape index (κ1) is 19.7. The van der Waals surface area contributed by atoms with Crippen LogP contribution in [0.2, 0.25) is 5.02 Å². The molecule has 0 saturated carbocycles. The second-order valence-corrected chi connectivity index (χ2v) is 7.49. The molecule has 0 radical (unpaired) electrons. The molecule has 0 fully saturated rings. The second kappa shape index (κ2) is 8.62. The van der Waals surface area contributed by atoms with Crippen LogP contribution in [-0.2, 0) is 10.0 Å². The van der Waals surface area contributed by atoms with Gasteiger partial charge in [-0.1, -0.05) is 23.7 Å². The zero-order valence-electron chi connectivity index (χ0n) is 13.6. The lowest BCUT2D eigenvalue weighted by atomic mass is 10.1. The Morgan fingerprint density at radius 3 is 2.68 bits per heavy atom. The van der Waals surface area contributed by atoms with Crippen molar-refractivity contribution in [2.75, 3.05) is 13.2 Å². The topological polar surface area (TPSA) is 75.6 Å². The van der Waals surface area contributed by atoms with Gasteiger partial charge in [0.2, 0.25) is 10.0 Å². The van der Waals surface area contributed by atoms with E-state index in [2.05, 4.69) is 4.72 Å². The quantitative estimate of drug-likeness (QED) is 0.728. The average Bonchev–Trinajstić information content (AvgIpc) is 2.56. The molecular weight excluding hydrogens is 369 g/mol. The van der Waals surface area contributed by atoms with Gasteiger partial charge in [-0.05, 0) is 49.2 Å². The van der Waals surface area contributed by atoms with E-state index in [9.17, 15) is 17.9 Å². The number of ether oxygens (including phenoxy) is 1. The van der Waals surface area contributed by atoms with Crippen molar-refractivity contribution >= 4 is 21.6 Å². The maximum absolute atomic E-state index is 13.8. The molecule has 0 unspecified atom stereocenters. The number of hydrogen-bond donors (Lipinski definition) is 2. The largest absolute Gasteiger partial charge is 0.491 e. The zero-order valence-corrected chi connectivity index (χ0v) is 15.1. The van der Waals surface area contributed by atoms with Crippen molar-refractivity contribution in [2.45, 2.75) is 24.3 Å². The van der Waals surface area contributed by atoms with E-state index in [1.165, 1.54) is 12.1 Å². The summed E-state index contributed by atoms with van der Waals surface area (Å²) in [7, 11) is -3.88. The summed E-state index contributed by atoms with van der Waals surface area (Å²) in [6.45, 7) is 1.98. The predicted molar refractivity (Wildman–Crippen MR) is 93.8 cm³/mol. The Hall–Kier alpha value is -1.67. The molecule has 136 valence electrons. The molecule has 0 heterocycles. The fraction of sp³-hybridized carbons (Fsp3) is 0.294. The highest BCUT2D eigenvalue weighted by molar-refractivity contribution is 7.89. The Bertz CT molecular complexity index is 829. The Labute approximate surface area is 151 Å². The van der Waals surface area contributed by atoms with Gasteiger partial charge in [0.25, 0.3) is 0 Å². The van der Waals surface area contributed by atoms with E-state index in [4.69, 9.17) is 16.3 Å². The summed E-state index contributed by atoms with van der Waals surface area (Å²) in [5.74, 6) is -0.749. The van der Waals surface area contributed by atoms with Crippen molar-refractivity contribution in [1.29, 1.82) is 0 Å². The number of hydrogen-bond acceptors (Lipinski definition) is 4. The van der Waals surface area contributed by atoms with Gasteiger partial charge in [0.15, 0.2) is 11.6 Å². The van der Waals surface area contributed by atoms with Gasteiger partial charge in [-0.25, -0.2) is 17.5 Å². The summed E-state index contributed by atoms with van der Waals surface area (Å²) in [5, 5.41) is 10.6. The maximum Gasteiger partial charge on any atom is 0.240 e. The van der Waals surface area contributed by atoms with Crippen LogP contribution in [-0.4, -0.2) is 26.7 Å². The highest BCUT2D eigenvalue weighted by Crippen LogP contribution is 2.22. The molecule has 25 heavy (non-hydrogen) atoms. The van der Waals surface area contributed by atoms with E-state index in [0.29, 0.717) is 10.6 Å². The minimum absolute atomic E-state index is 0.00201. The lowest BCUT2D eigenvalue weighted by Crippen LogP contribution is -2.26. The summed E-state index contributed by atoms with van der Waals surface area (Å²) in [5.41, 5.74) is 0.596. The lowest BCUT2D eigenvalue weighted by molar-refractivity contribution is 0.169.